The minimum absolute atomic E-state index is 0.807. The molecule has 3 heterocycles. The molecule has 6 nitrogen and oxygen atoms in total. The van der Waals surface area contributed by atoms with Gasteiger partial charge in [0.1, 0.15) is 0 Å². The lowest BCUT2D eigenvalue weighted by Crippen LogP contribution is -2.44. The van der Waals surface area contributed by atoms with Crippen LogP contribution in [0.25, 0.3) is 0 Å². The van der Waals surface area contributed by atoms with E-state index in [9.17, 15) is 0 Å². The van der Waals surface area contributed by atoms with Gasteiger partial charge in [0.25, 0.3) is 0 Å². The van der Waals surface area contributed by atoms with Crippen molar-refractivity contribution in [2.75, 3.05) is 59.2 Å². The van der Waals surface area contributed by atoms with Crippen LogP contribution in [0.15, 0.2) is 16.5 Å². The van der Waals surface area contributed by atoms with Gasteiger partial charge in [-0.25, -0.2) is 0 Å². The Morgan fingerprint density at radius 3 is 2.22 bits per heavy atom. The first-order valence-electron chi connectivity index (χ1n) is 6.59. The highest BCUT2D eigenvalue weighted by Crippen LogP contribution is 2.18. The second kappa shape index (κ2) is 5.58. The number of allylic oxidation sites excluding steroid dienone is 1. The van der Waals surface area contributed by atoms with Gasteiger partial charge in [0.05, 0.1) is 50.6 Å². The first-order chi connectivity index (χ1) is 8.95. The Balaban J connectivity index is 1.80. The largest absolute Gasteiger partial charge is 0.378 e. The number of nitrogens with zero attached hydrogens (tertiary/aromatic N) is 3. The molecule has 0 aromatic heterocycles. The van der Waals surface area contributed by atoms with Crippen LogP contribution in [-0.4, -0.2) is 75.2 Å². The fourth-order valence-electron chi connectivity index (χ4n) is 2.57. The van der Waals surface area contributed by atoms with Crippen LogP contribution in [0.3, 0.4) is 0 Å². The van der Waals surface area contributed by atoms with E-state index in [-0.39, 0.29) is 0 Å². The molecule has 0 saturated carbocycles. The van der Waals surface area contributed by atoms with Crippen molar-refractivity contribution in [3.8, 4) is 0 Å². The summed E-state index contributed by atoms with van der Waals surface area (Å²) in [6.07, 6.45) is 1.94. The highest BCUT2D eigenvalue weighted by molar-refractivity contribution is 5.79. The molecule has 18 heavy (non-hydrogen) atoms. The van der Waals surface area contributed by atoms with Gasteiger partial charge < -0.3 is 24.7 Å². The van der Waals surface area contributed by atoms with E-state index in [0.717, 1.165) is 59.2 Å². The van der Waals surface area contributed by atoms with Crippen LogP contribution in [-0.2, 0) is 9.47 Å². The van der Waals surface area contributed by atoms with Gasteiger partial charge in [-0.15, -0.1) is 0 Å². The molecule has 0 aromatic rings. The van der Waals surface area contributed by atoms with Crippen molar-refractivity contribution in [3.05, 3.63) is 11.4 Å². The third kappa shape index (κ3) is 2.44. The van der Waals surface area contributed by atoms with E-state index in [2.05, 4.69) is 20.3 Å². The van der Waals surface area contributed by atoms with Crippen molar-refractivity contribution in [3.63, 3.8) is 0 Å². The number of nitrogens with one attached hydrogen (secondary N) is 1. The predicted octanol–water partition coefficient (Wildman–Crippen LogP) is -0.549. The molecule has 0 aromatic carbocycles. The number of hydrazone groups is 1. The Kier molecular flexibility index (Phi) is 3.66. The molecule has 0 amide bonds. The van der Waals surface area contributed by atoms with E-state index >= 15 is 0 Å². The molecule has 0 spiro atoms. The molecule has 2 fully saturated rings. The number of ether oxygens (including phenoxy) is 2. The maximum atomic E-state index is 5.42. The smallest absolute Gasteiger partial charge is 0.0785 e. The summed E-state index contributed by atoms with van der Waals surface area (Å²) in [5, 5.41) is 4.21. The van der Waals surface area contributed by atoms with Crippen LogP contribution >= 0.6 is 0 Å². The highest BCUT2D eigenvalue weighted by Gasteiger charge is 2.23. The molecule has 0 bridgehead atoms. The quantitative estimate of drug-likeness (QED) is 0.715. The van der Waals surface area contributed by atoms with Crippen LogP contribution in [0.2, 0.25) is 0 Å². The minimum Gasteiger partial charge on any atom is -0.378 e. The third-order valence-corrected chi connectivity index (χ3v) is 3.56. The van der Waals surface area contributed by atoms with E-state index in [1.807, 2.05) is 6.21 Å². The van der Waals surface area contributed by atoms with Gasteiger partial charge in [-0.2, -0.15) is 5.10 Å². The van der Waals surface area contributed by atoms with Crippen molar-refractivity contribution in [2.24, 2.45) is 5.10 Å². The molecule has 0 unspecified atom stereocenters. The lowest BCUT2D eigenvalue weighted by molar-refractivity contribution is 0.0429. The molecule has 0 radical (unpaired) electrons. The average molecular weight is 252 g/mol. The maximum Gasteiger partial charge on any atom is 0.0785 e. The van der Waals surface area contributed by atoms with E-state index in [4.69, 9.17) is 9.47 Å². The van der Waals surface area contributed by atoms with Crippen LogP contribution in [0.1, 0.15) is 0 Å². The van der Waals surface area contributed by atoms with Crippen molar-refractivity contribution < 1.29 is 9.47 Å². The van der Waals surface area contributed by atoms with E-state index in [1.54, 1.807) is 0 Å². The third-order valence-electron chi connectivity index (χ3n) is 3.56. The van der Waals surface area contributed by atoms with Gasteiger partial charge in [0, 0.05) is 26.2 Å². The Hall–Kier alpha value is -1.27. The van der Waals surface area contributed by atoms with Gasteiger partial charge in [-0.05, 0) is 0 Å². The van der Waals surface area contributed by atoms with Gasteiger partial charge in [-0.1, -0.05) is 0 Å². The zero-order chi connectivity index (χ0) is 12.2. The summed E-state index contributed by atoms with van der Waals surface area (Å²) in [6.45, 7) is 7.90. The van der Waals surface area contributed by atoms with E-state index in [0.29, 0.717) is 0 Å². The number of morpholine rings is 2. The van der Waals surface area contributed by atoms with Crippen LogP contribution in [0.5, 0.6) is 0 Å². The van der Waals surface area contributed by atoms with Gasteiger partial charge in [0.15, 0.2) is 0 Å². The Morgan fingerprint density at radius 1 is 0.944 bits per heavy atom. The molecule has 3 aliphatic rings. The molecule has 3 rings (SSSR count). The van der Waals surface area contributed by atoms with Crippen molar-refractivity contribution in [2.45, 2.75) is 0 Å². The predicted molar refractivity (Wildman–Crippen MR) is 68.3 cm³/mol. The standard InChI is InChI=1S/C12H20N4O2/c1-5-17-6-2-15(1)11-9-13-14-10-12(11)16-3-7-18-8-4-16/h9,14H,1-8,10H2. The first kappa shape index (κ1) is 11.8. The monoisotopic (exact) mass is 252 g/mol. The number of hydrogen-bond acceptors (Lipinski definition) is 6. The second-order valence-electron chi connectivity index (χ2n) is 4.62. The summed E-state index contributed by atoms with van der Waals surface area (Å²) in [7, 11) is 0. The number of hydrogen-bond donors (Lipinski definition) is 1. The molecule has 100 valence electrons. The number of rotatable bonds is 2. The molecular weight excluding hydrogens is 232 g/mol. The van der Waals surface area contributed by atoms with Crippen LogP contribution in [0, 0.1) is 0 Å². The summed E-state index contributed by atoms with van der Waals surface area (Å²) in [5.41, 5.74) is 5.66. The van der Waals surface area contributed by atoms with Gasteiger partial charge >= 0.3 is 0 Å². The lowest BCUT2D eigenvalue weighted by atomic mass is 10.2. The molecule has 0 aliphatic carbocycles. The molecular formula is C12H20N4O2. The fourth-order valence-corrected chi connectivity index (χ4v) is 2.57. The summed E-state index contributed by atoms with van der Waals surface area (Å²) < 4.78 is 10.8. The molecule has 0 atom stereocenters. The summed E-state index contributed by atoms with van der Waals surface area (Å²) in [4.78, 5) is 4.78. The van der Waals surface area contributed by atoms with E-state index < -0.39 is 0 Å². The maximum absolute atomic E-state index is 5.42. The van der Waals surface area contributed by atoms with Crippen molar-refractivity contribution in [1.29, 1.82) is 0 Å². The van der Waals surface area contributed by atoms with Crippen LogP contribution < -0.4 is 5.43 Å². The zero-order valence-corrected chi connectivity index (χ0v) is 10.6. The SMILES string of the molecule is C1=NNCC(N2CCOCC2)=C1N1CCOCC1. The van der Waals surface area contributed by atoms with Crippen molar-refractivity contribution in [1.82, 2.24) is 15.2 Å². The Labute approximate surface area is 107 Å². The first-order valence-corrected chi connectivity index (χ1v) is 6.59. The lowest BCUT2D eigenvalue weighted by Gasteiger charge is -2.38. The van der Waals surface area contributed by atoms with Crippen LogP contribution in [0.4, 0.5) is 0 Å². The minimum atomic E-state index is 0.807. The zero-order valence-electron chi connectivity index (χ0n) is 10.6. The molecule has 3 aliphatic heterocycles. The molecule has 1 N–H and O–H groups in total. The molecule has 6 heteroatoms. The van der Waals surface area contributed by atoms with Crippen molar-refractivity contribution >= 4 is 6.21 Å². The van der Waals surface area contributed by atoms with E-state index in [1.165, 1.54) is 11.4 Å². The molecule has 2 saturated heterocycles. The normalized spacial score (nSPS) is 25.3. The summed E-state index contributed by atoms with van der Waals surface area (Å²) >= 11 is 0. The summed E-state index contributed by atoms with van der Waals surface area (Å²) in [5.74, 6) is 0. The topological polar surface area (TPSA) is 49.3 Å². The fraction of sp³-hybridized carbons (Fsp3) is 0.750. The highest BCUT2D eigenvalue weighted by atomic mass is 16.5. The average Bonchev–Trinajstić information content (AvgIpc) is 2.49. The second-order valence-corrected chi connectivity index (χ2v) is 4.62. The Bertz CT molecular complexity index is 344. The Morgan fingerprint density at radius 2 is 1.56 bits per heavy atom. The van der Waals surface area contributed by atoms with Gasteiger partial charge in [0.2, 0.25) is 0 Å². The summed E-state index contributed by atoms with van der Waals surface area (Å²) in [6, 6.07) is 0. The van der Waals surface area contributed by atoms with Gasteiger partial charge in [-0.3, -0.25) is 0 Å².